The number of nitrogens with zero attached hydrogens (tertiary/aromatic N) is 6. The molecule has 138 valence electrons. The number of rotatable bonds is 4. The number of anilines is 1. The fraction of sp³-hybridized carbons (Fsp3) is 0.526. The molecular formula is C19H26N6O. The van der Waals surface area contributed by atoms with Gasteiger partial charge in [0.2, 0.25) is 0 Å². The lowest BCUT2D eigenvalue weighted by Gasteiger charge is -2.21. The van der Waals surface area contributed by atoms with Gasteiger partial charge in [-0.2, -0.15) is 0 Å². The van der Waals surface area contributed by atoms with Crippen LogP contribution in [-0.2, 0) is 6.42 Å². The van der Waals surface area contributed by atoms with Crippen LogP contribution in [0.5, 0.6) is 0 Å². The van der Waals surface area contributed by atoms with Crippen molar-refractivity contribution in [2.24, 2.45) is 5.92 Å². The highest BCUT2D eigenvalue weighted by molar-refractivity contribution is 5.91. The summed E-state index contributed by atoms with van der Waals surface area (Å²) in [6, 6.07) is 3.88. The normalized spacial score (nSPS) is 17.7. The van der Waals surface area contributed by atoms with E-state index in [1.54, 1.807) is 25.3 Å². The molecular weight excluding hydrogens is 328 g/mol. The third-order valence-electron chi connectivity index (χ3n) is 4.81. The predicted octanol–water partition coefficient (Wildman–Crippen LogP) is 2.13. The molecule has 0 spiro atoms. The molecule has 0 aliphatic carbocycles. The molecule has 1 amide bonds. The first-order chi connectivity index (χ1) is 12.5. The second-order valence-corrected chi connectivity index (χ2v) is 7.10. The first kappa shape index (κ1) is 18.2. The Labute approximate surface area is 154 Å². The molecule has 7 nitrogen and oxygen atoms in total. The minimum atomic E-state index is -0.0835. The molecule has 0 N–H and O–H groups in total. The molecule has 0 saturated carbocycles. The topological polar surface area (TPSA) is 75.1 Å². The summed E-state index contributed by atoms with van der Waals surface area (Å²) in [5.74, 6) is 1.49. The van der Waals surface area contributed by atoms with E-state index >= 15 is 0 Å². The fourth-order valence-electron chi connectivity index (χ4n) is 3.36. The van der Waals surface area contributed by atoms with Crippen molar-refractivity contribution in [1.29, 1.82) is 0 Å². The van der Waals surface area contributed by atoms with Crippen molar-refractivity contribution in [2.45, 2.75) is 32.6 Å². The van der Waals surface area contributed by atoms with Crippen LogP contribution in [-0.4, -0.2) is 57.9 Å². The standard InChI is InChI=1S/C19H26N6O/c1-14-9-18(23-12-20-14)25-7-4-5-15(6-8-25)10-16-11-17(22-13-21-16)19(26)24(2)3/h9,11-13,15H,4-8,10H2,1-3H3/t15-/m1/s1. The summed E-state index contributed by atoms with van der Waals surface area (Å²) in [6.07, 6.45) is 7.39. The Morgan fingerprint density at radius 2 is 1.92 bits per heavy atom. The van der Waals surface area contributed by atoms with E-state index < -0.39 is 0 Å². The van der Waals surface area contributed by atoms with Gasteiger partial charge in [-0.3, -0.25) is 4.79 Å². The van der Waals surface area contributed by atoms with Crippen LogP contribution in [0.25, 0.3) is 0 Å². The molecule has 1 atom stereocenters. The average Bonchev–Trinajstić information content (AvgIpc) is 2.87. The van der Waals surface area contributed by atoms with Gasteiger partial charge < -0.3 is 9.80 Å². The van der Waals surface area contributed by atoms with E-state index in [1.807, 2.05) is 19.1 Å². The van der Waals surface area contributed by atoms with Crippen LogP contribution in [0.3, 0.4) is 0 Å². The van der Waals surface area contributed by atoms with Gasteiger partial charge in [0, 0.05) is 44.6 Å². The van der Waals surface area contributed by atoms with Crippen LogP contribution in [0.2, 0.25) is 0 Å². The Morgan fingerprint density at radius 3 is 2.69 bits per heavy atom. The summed E-state index contributed by atoms with van der Waals surface area (Å²) in [6.45, 7) is 3.99. The Kier molecular flexibility index (Phi) is 5.75. The van der Waals surface area contributed by atoms with E-state index in [4.69, 9.17) is 0 Å². The van der Waals surface area contributed by atoms with Crippen molar-refractivity contribution >= 4 is 11.7 Å². The zero-order valence-electron chi connectivity index (χ0n) is 15.7. The van der Waals surface area contributed by atoms with E-state index in [2.05, 4.69) is 24.8 Å². The molecule has 3 rings (SSSR count). The summed E-state index contributed by atoms with van der Waals surface area (Å²) in [5, 5.41) is 0. The third-order valence-corrected chi connectivity index (χ3v) is 4.81. The van der Waals surface area contributed by atoms with Crippen molar-refractivity contribution in [3.8, 4) is 0 Å². The molecule has 0 radical (unpaired) electrons. The molecule has 1 aliphatic rings. The lowest BCUT2D eigenvalue weighted by molar-refractivity contribution is 0.0821. The van der Waals surface area contributed by atoms with Gasteiger partial charge >= 0.3 is 0 Å². The van der Waals surface area contributed by atoms with Crippen LogP contribution >= 0.6 is 0 Å². The number of carbonyl (C=O) groups is 1. The molecule has 1 saturated heterocycles. The lowest BCUT2D eigenvalue weighted by Crippen LogP contribution is -2.25. The summed E-state index contributed by atoms with van der Waals surface area (Å²) < 4.78 is 0. The highest BCUT2D eigenvalue weighted by Crippen LogP contribution is 2.24. The molecule has 0 bridgehead atoms. The van der Waals surface area contributed by atoms with Crippen LogP contribution < -0.4 is 4.90 Å². The third kappa shape index (κ3) is 4.53. The minimum Gasteiger partial charge on any atom is -0.357 e. The molecule has 26 heavy (non-hydrogen) atoms. The first-order valence-electron chi connectivity index (χ1n) is 9.09. The average molecular weight is 354 g/mol. The number of aromatic nitrogens is 4. The highest BCUT2D eigenvalue weighted by atomic mass is 16.2. The van der Waals surface area contributed by atoms with Crippen LogP contribution in [0.4, 0.5) is 5.82 Å². The number of hydrogen-bond donors (Lipinski definition) is 0. The van der Waals surface area contributed by atoms with Gasteiger partial charge in [0.25, 0.3) is 5.91 Å². The second kappa shape index (κ2) is 8.21. The van der Waals surface area contributed by atoms with Gasteiger partial charge in [-0.1, -0.05) is 0 Å². The van der Waals surface area contributed by atoms with Crippen molar-refractivity contribution in [2.75, 3.05) is 32.1 Å². The molecule has 0 unspecified atom stereocenters. The highest BCUT2D eigenvalue weighted by Gasteiger charge is 2.20. The van der Waals surface area contributed by atoms with Gasteiger partial charge in [-0.15, -0.1) is 0 Å². The molecule has 7 heteroatoms. The van der Waals surface area contributed by atoms with E-state index in [1.165, 1.54) is 6.33 Å². The van der Waals surface area contributed by atoms with Gasteiger partial charge in [-0.05, 0) is 44.6 Å². The zero-order valence-corrected chi connectivity index (χ0v) is 15.7. The van der Waals surface area contributed by atoms with Gasteiger partial charge in [0.1, 0.15) is 24.2 Å². The Balaban J connectivity index is 1.63. The Bertz CT molecular complexity index is 763. The number of carbonyl (C=O) groups excluding carboxylic acids is 1. The quantitative estimate of drug-likeness (QED) is 0.837. The van der Waals surface area contributed by atoms with E-state index in [0.29, 0.717) is 11.6 Å². The molecule has 1 aliphatic heterocycles. The molecule has 2 aromatic heterocycles. The predicted molar refractivity (Wildman–Crippen MR) is 100 cm³/mol. The Hall–Kier alpha value is -2.57. The number of aryl methyl sites for hydroxylation is 1. The second-order valence-electron chi connectivity index (χ2n) is 7.10. The largest absolute Gasteiger partial charge is 0.357 e. The number of amides is 1. The maximum absolute atomic E-state index is 12.1. The van der Waals surface area contributed by atoms with E-state index in [0.717, 1.165) is 56.0 Å². The van der Waals surface area contributed by atoms with E-state index in [9.17, 15) is 4.79 Å². The first-order valence-corrected chi connectivity index (χ1v) is 9.09. The fourth-order valence-corrected chi connectivity index (χ4v) is 3.36. The summed E-state index contributed by atoms with van der Waals surface area (Å²) in [7, 11) is 3.47. The van der Waals surface area contributed by atoms with E-state index in [-0.39, 0.29) is 5.91 Å². The molecule has 1 fully saturated rings. The van der Waals surface area contributed by atoms with Crippen LogP contribution in [0.15, 0.2) is 24.8 Å². The molecule has 0 aromatic carbocycles. The smallest absolute Gasteiger partial charge is 0.272 e. The van der Waals surface area contributed by atoms with Crippen LogP contribution in [0.1, 0.15) is 41.1 Å². The summed E-state index contributed by atoms with van der Waals surface area (Å²) in [4.78, 5) is 33.1. The van der Waals surface area contributed by atoms with Gasteiger partial charge in [0.05, 0.1) is 0 Å². The van der Waals surface area contributed by atoms with Crippen LogP contribution in [0, 0.1) is 12.8 Å². The number of hydrogen-bond acceptors (Lipinski definition) is 6. The minimum absolute atomic E-state index is 0.0835. The molecule has 3 heterocycles. The van der Waals surface area contributed by atoms with Gasteiger partial charge in [0.15, 0.2) is 0 Å². The van der Waals surface area contributed by atoms with Crippen molar-refractivity contribution in [1.82, 2.24) is 24.8 Å². The van der Waals surface area contributed by atoms with Gasteiger partial charge in [-0.25, -0.2) is 19.9 Å². The van der Waals surface area contributed by atoms with Crippen molar-refractivity contribution in [3.05, 3.63) is 41.9 Å². The SMILES string of the molecule is Cc1cc(N2CCC[C@@H](Cc3cc(C(=O)N(C)C)ncn3)CC2)ncn1. The summed E-state index contributed by atoms with van der Waals surface area (Å²) in [5.41, 5.74) is 2.41. The Morgan fingerprint density at radius 1 is 1.12 bits per heavy atom. The van der Waals surface area contributed by atoms with Crippen molar-refractivity contribution < 1.29 is 4.79 Å². The molecule has 2 aromatic rings. The summed E-state index contributed by atoms with van der Waals surface area (Å²) >= 11 is 0. The lowest BCUT2D eigenvalue weighted by atomic mass is 9.95. The maximum atomic E-state index is 12.1. The monoisotopic (exact) mass is 354 g/mol. The zero-order chi connectivity index (χ0) is 18.5. The maximum Gasteiger partial charge on any atom is 0.272 e. The van der Waals surface area contributed by atoms with Crippen molar-refractivity contribution in [3.63, 3.8) is 0 Å².